The Kier molecular flexibility index (Phi) is 3.57. The molecule has 2 aromatic heterocycles. The average Bonchev–Trinajstić information content (AvgIpc) is 3.15. The van der Waals surface area contributed by atoms with Crippen LogP contribution >= 0.6 is 34.3 Å². The van der Waals surface area contributed by atoms with E-state index in [1.54, 1.807) is 22.7 Å². The van der Waals surface area contributed by atoms with Crippen LogP contribution < -0.4 is 16.0 Å². The van der Waals surface area contributed by atoms with Crippen molar-refractivity contribution in [3.63, 3.8) is 0 Å². The second-order valence-corrected chi connectivity index (χ2v) is 8.11. The van der Waals surface area contributed by atoms with Gasteiger partial charge in [-0.25, -0.2) is 4.98 Å². The van der Waals surface area contributed by atoms with Gasteiger partial charge in [-0.1, -0.05) is 22.9 Å². The summed E-state index contributed by atoms with van der Waals surface area (Å²) in [6, 6.07) is 1.98. The molecule has 2 fully saturated rings. The van der Waals surface area contributed by atoms with E-state index in [1.165, 1.54) is 11.4 Å². The number of thiazole rings is 1. The summed E-state index contributed by atoms with van der Waals surface area (Å²) >= 11 is 9.29. The molecule has 0 aliphatic carbocycles. The SMILES string of the molecule is Nc1nc(-c2cc(Cl)cs2)c(N2CC3CCNCC3C2)s1. The molecule has 4 rings (SSSR count). The van der Waals surface area contributed by atoms with Crippen molar-refractivity contribution in [1.82, 2.24) is 10.3 Å². The summed E-state index contributed by atoms with van der Waals surface area (Å²) in [5.41, 5.74) is 6.98. The second-order valence-electron chi connectivity index (χ2n) is 5.75. The van der Waals surface area contributed by atoms with Gasteiger partial charge in [0.25, 0.3) is 0 Å². The van der Waals surface area contributed by atoms with E-state index in [1.807, 2.05) is 11.4 Å². The Bertz CT molecular complexity index is 639. The van der Waals surface area contributed by atoms with Crippen molar-refractivity contribution >= 4 is 44.4 Å². The first-order valence-electron chi connectivity index (χ1n) is 7.17. The second kappa shape index (κ2) is 5.43. The van der Waals surface area contributed by atoms with Crippen LogP contribution in [0, 0.1) is 11.8 Å². The molecule has 2 saturated heterocycles. The maximum atomic E-state index is 6.06. The van der Waals surface area contributed by atoms with E-state index >= 15 is 0 Å². The van der Waals surface area contributed by atoms with Crippen LogP contribution in [-0.4, -0.2) is 31.2 Å². The molecule has 2 unspecified atom stereocenters. The van der Waals surface area contributed by atoms with E-state index in [4.69, 9.17) is 17.3 Å². The summed E-state index contributed by atoms with van der Waals surface area (Å²) in [6.45, 7) is 4.51. The lowest BCUT2D eigenvalue weighted by Crippen LogP contribution is -2.35. The van der Waals surface area contributed by atoms with E-state index in [9.17, 15) is 0 Å². The minimum absolute atomic E-state index is 0.637. The van der Waals surface area contributed by atoms with Crippen LogP contribution in [0.1, 0.15) is 6.42 Å². The number of nitrogens with two attached hydrogens (primary N) is 1. The fourth-order valence-electron chi connectivity index (χ4n) is 3.38. The molecular formula is C14H17ClN4S2. The molecule has 7 heteroatoms. The Morgan fingerprint density at radius 1 is 1.38 bits per heavy atom. The molecule has 4 nitrogen and oxygen atoms in total. The van der Waals surface area contributed by atoms with Crippen molar-refractivity contribution in [2.24, 2.45) is 11.8 Å². The molecule has 0 saturated carbocycles. The van der Waals surface area contributed by atoms with Gasteiger partial charge in [-0.05, 0) is 37.4 Å². The first-order chi connectivity index (χ1) is 10.2. The topological polar surface area (TPSA) is 54.2 Å². The van der Waals surface area contributed by atoms with E-state index < -0.39 is 0 Å². The van der Waals surface area contributed by atoms with E-state index in [0.29, 0.717) is 5.13 Å². The van der Waals surface area contributed by atoms with Gasteiger partial charge in [0.2, 0.25) is 0 Å². The molecule has 21 heavy (non-hydrogen) atoms. The van der Waals surface area contributed by atoms with Crippen molar-refractivity contribution in [1.29, 1.82) is 0 Å². The summed E-state index contributed by atoms with van der Waals surface area (Å²) < 4.78 is 0. The van der Waals surface area contributed by atoms with Gasteiger partial charge in [0, 0.05) is 18.5 Å². The van der Waals surface area contributed by atoms with Crippen LogP contribution in [0.15, 0.2) is 11.4 Å². The smallest absolute Gasteiger partial charge is 0.182 e. The number of anilines is 2. The van der Waals surface area contributed by atoms with Gasteiger partial charge in [0.15, 0.2) is 5.13 Å². The van der Waals surface area contributed by atoms with Crippen molar-refractivity contribution in [3.05, 3.63) is 16.5 Å². The highest BCUT2D eigenvalue weighted by atomic mass is 35.5. The van der Waals surface area contributed by atoms with Crippen LogP contribution in [0.4, 0.5) is 10.1 Å². The van der Waals surface area contributed by atoms with E-state index in [2.05, 4.69) is 15.2 Å². The Balaban J connectivity index is 1.66. The monoisotopic (exact) mass is 340 g/mol. The molecule has 2 atom stereocenters. The molecular weight excluding hydrogens is 324 g/mol. The minimum Gasteiger partial charge on any atom is -0.375 e. The minimum atomic E-state index is 0.637. The summed E-state index contributed by atoms with van der Waals surface area (Å²) in [4.78, 5) is 8.13. The van der Waals surface area contributed by atoms with Crippen LogP contribution in [0.5, 0.6) is 0 Å². The third kappa shape index (κ3) is 2.54. The molecule has 112 valence electrons. The van der Waals surface area contributed by atoms with Crippen molar-refractivity contribution in [2.75, 3.05) is 36.8 Å². The lowest BCUT2D eigenvalue weighted by atomic mass is 9.90. The Hall–Kier alpha value is -0.820. The largest absolute Gasteiger partial charge is 0.375 e. The first-order valence-corrected chi connectivity index (χ1v) is 9.24. The van der Waals surface area contributed by atoms with Crippen LogP contribution in [0.2, 0.25) is 5.02 Å². The van der Waals surface area contributed by atoms with Gasteiger partial charge in [-0.15, -0.1) is 11.3 Å². The number of nitrogen functional groups attached to an aromatic ring is 1. The maximum absolute atomic E-state index is 6.06. The third-order valence-corrected chi connectivity index (χ3v) is 6.62. The highest BCUT2D eigenvalue weighted by Crippen LogP contribution is 2.43. The molecule has 0 bridgehead atoms. The number of fused-ring (bicyclic) bond motifs is 1. The Morgan fingerprint density at radius 3 is 3.00 bits per heavy atom. The normalized spacial score (nSPS) is 25.3. The summed E-state index contributed by atoms with van der Waals surface area (Å²) in [6.07, 6.45) is 1.27. The maximum Gasteiger partial charge on any atom is 0.182 e. The Morgan fingerprint density at radius 2 is 2.24 bits per heavy atom. The van der Waals surface area contributed by atoms with Gasteiger partial charge in [0.1, 0.15) is 10.7 Å². The highest BCUT2D eigenvalue weighted by Gasteiger charge is 2.36. The van der Waals surface area contributed by atoms with Crippen LogP contribution in [0.3, 0.4) is 0 Å². The van der Waals surface area contributed by atoms with E-state index in [0.717, 1.165) is 53.6 Å². The number of hydrogen-bond acceptors (Lipinski definition) is 6. The predicted molar refractivity (Wildman–Crippen MR) is 91.5 cm³/mol. The number of nitrogens with zero attached hydrogens (tertiary/aromatic N) is 2. The zero-order valence-electron chi connectivity index (χ0n) is 11.5. The van der Waals surface area contributed by atoms with E-state index in [-0.39, 0.29) is 0 Å². The fourth-order valence-corrected chi connectivity index (χ4v) is 5.37. The molecule has 3 N–H and O–H groups in total. The zero-order chi connectivity index (χ0) is 14.4. The van der Waals surface area contributed by atoms with Crippen LogP contribution in [0.25, 0.3) is 10.6 Å². The molecule has 2 aliphatic heterocycles. The molecule has 0 amide bonds. The van der Waals surface area contributed by atoms with Gasteiger partial charge in [-0.2, -0.15) is 0 Å². The number of thiophene rings is 1. The fraction of sp³-hybridized carbons (Fsp3) is 0.500. The number of aromatic nitrogens is 1. The number of nitrogens with one attached hydrogen (secondary N) is 1. The molecule has 0 aromatic carbocycles. The molecule has 2 aliphatic rings. The predicted octanol–water partition coefficient (Wildman–Crippen LogP) is 3.15. The summed E-state index contributed by atoms with van der Waals surface area (Å²) in [5.74, 6) is 1.55. The van der Waals surface area contributed by atoms with Gasteiger partial charge >= 0.3 is 0 Å². The molecule has 0 radical (unpaired) electrons. The lowest BCUT2D eigenvalue weighted by molar-refractivity contribution is 0.318. The van der Waals surface area contributed by atoms with Gasteiger partial charge in [-0.3, -0.25) is 0 Å². The number of hydrogen-bond donors (Lipinski definition) is 2. The van der Waals surface area contributed by atoms with Gasteiger partial charge in [0.05, 0.1) is 9.90 Å². The molecule has 0 spiro atoms. The Labute approximate surface area is 136 Å². The van der Waals surface area contributed by atoms with Crippen molar-refractivity contribution < 1.29 is 0 Å². The van der Waals surface area contributed by atoms with Crippen molar-refractivity contribution in [2.45, 2.75) is 6.42 Å². The number of rotatable bonds is 2. The number of halogens is 1. The third-order valence-electron chi connectivity index (χ3n) is 4.39. The first kappa shape index (κ1) is 13.8. The number of piperidine rings is 1. The summed E-state index contributed by atoms with van der Waals surface area (Å²) in [7, 11) is 0. The zero-order valence-corrected chi connectivity index (χ0v) is 13.9. The standard InChI is InChI=1S/C14H17ClN4S2/c15-10-3-11(20-7-10)12-13(21-14(16)18-12)19-5-8-1-2-17-4-9(8)6-19/h3,7-9,17H,1-2,4-6H2,(H2,16,18). The van der Waals surface area contributed by atoms with Crippen LogP contribution in [-0.2, 0) is 0 Å². The molecule has 2 aromatic rings. The summed E-state index contributed by atoms with van der Waals surface area (Å²) in [5, 5.41) is 8.07. The lowest BCUT2D eigenvalue weighted by Gasteiger charge is -2.23. The quantitative estimate of drug-likeness (QED) is 0.881. The average molecular weight is 341 g/mol. The van der Waals surface area contributed by atoms with Crippen molar-refractivity contribution in [3.8, 4) is 10.6 Å². The van der Waals surface area contributed by atoms with Gasteiger partial charge < -0.3 is 16.0 Å². The highest BCUT2D eigenvalue weighted by molar-refractivity contribution is 7.20. The molecule has 4 heterocycles.